The highest BCUT2D eigenvalue weighted by atomic mass is 35.5. The van der Waals surface area contributed by atoms with E-state index in [2.05, 4.69) is 10.1 Å². The molecule has 0 radical (unpaired) electrons. The van der Waals surface area contributed by atoms with E-state index in [9.17, 15) is 9.35 Å². The highest BCUT2D eigenvalue weighted by Gasteiger charge is 2.48. The Morgan fingerprint density at radius 2 is 2.03 bits per heavy atom. The molecule has 1 unspecified atom stereocenters. The fraction of sp³-hybridized carbons (Fsp3) is 0.375. The van der Waals surface area contributed by atoms with Crippen LogP contribution in [-0.2, 0) is 27.3 Å². The molecule has 3 heterocycles. The molecule has 2 aliphatic heterocycles. The maximum absolute atomic E-state index is 15.3. The van der Waals surface area contributed by atoms with Crippen LogP contribution in [0.25, 0.3) is 11.4 Å². The van der Waals surface area contributed by atoms with Crippen molar-refractivity contribution in [2.24, 2.45) is 5.73 Å². The van der Waals surface area contributed by atoms with Gasteiger partial charge in [0.1, 0.15) is 23.3 Å². The summed E-state index contributed by atoms with van der Waals surface area (Å²) in [4.78, 5) is 21.2. The average molecular weight is 568 g/mol. The lowest BCUT2D eigenvalue weighted by Gasteiger charge is -2.31. The van der Waals surface area contributed by atoms with Gasteiger partial charge in [-0.2, -0.15) is 4.98 Å². The number of nitrogens with two attached hydrogens (primary N) is 1. The van der Waals surface area contributed by atoms with Gasteiger partial charge in [0.25, 0.3) is 0 Å². The number of fused-ring (bicyclic) bond motifs is 1. The number of carbonyl (C=O) groups is 1. The van der Waals surface area contributed by atoms with Crippen molar-refractivity contribution in [3.8, 4) is 11.4 Å². The van der Waals surface area contributed by atoms with Gasteiger partial charge in [0.2, 0.25) is 11.7 Å². The Balaban J connectivity index is 0.00000280. The van der Waals surface area contributed by atoms with Crippen molar-refractivity contribution in [1.82, 2.24) is 10.1 Å². The van der Waals surface area contributed by atoms with E-state index >= 15 is 4.39 Å². The molecular weight excluding hydrogens is 544 g/mol. The quantitative estimate of drug-likeness (QED) is 0.476. The van der Waals surface area contributed by atoms with Crippen LogP contribution in [0.3, 0.4) is 0 Å². The zero-order chi connectivity index (χ0) is 25.0. The van der Waals surface area contributed by atoms with Crippen LogP contribution >= 0.6 is 24.0 Å². The van der Waals surface area contributed by atoms with E-state index in [1.54, 1.807) is 24.3 Å². The van der Waals surface area contributed by atoms with E-state index in [-0.39, 0.29) is 52.6 Å². The first-order valence-electron chi connectivity index (χ1n) is 11.6. The standard InChI is InChI=1S/C24H23ClFN5O4S.ClH/c25-15-3-1-14(2-4-15)11-31-19-9-16(17(26)10-20(19)36(33)12-18(27)22(31)32)21-28-23(35-29-21)30-7-8-34-24(13-30)5-6-24;/h1-4,9-10,18H,5-8,11-13,27H2;1H/t18-,36?;/m0./s1. The molecule has 1 saturated heterocycles. The highest BCUT2D eigenvalue weighted by molar-refractivity contribution is 7.91. The largest absolute Gasteiger partial charge is 0.611 e. The summed E-state index contributed by atoms with van der Waals surface area (Å²) in [5.74, 6) is -1.14. The third kappa shape index (κ3) is 5.04. The third-order valence-electron chi connectivity index (χ3n) is 6.74. The summed E-state index contributed by atoms with van der Waals surface area (Å²) in [6, 6.07) is 8.91. The average Bonchev–Trinajstić information content (AvgIpc) is 3.43. The normalized spacial score (nSPS) is 22.4. The van der Waals surface area contributed by atoms with Crippen LogP contribution in [0.5, 0.6) is 0 Å². The number of nitrogens with zero attached hydrogens (tertiary/aromatic N) is 4. The van der Waals surface area contributed by atoms with Gasteiger partial charge in [0.05, 0.1) is 30.9 Å². The molecular formula is C24H24Cl2FN5O4S. The highest BCUT2D eigenvalue weighted by Crippen LogP contribution is 2.43. The molecule has 6 rings (SSSR count). The van der Waals surface area contributed by atoms with Crippen molar-refractivity contribution in [3.63, 3.8) is 0 Å². The predicted molar refractivity (Wildman–Crippen MR) is 139 cm³/mol. The van der Waals surface area contributed by atoms with Crippen LogP contribution < -0.4 is 15.5 Å². The van der Waals surface area contributed by atoms with Crippen molar-refractivity contribution in [2.75, 3.05) is 35.2 Å². The van der Waals surface area contributed by atoms with Gasteiger partial charge in [-0.15, -0.1) is 12.4 Å². The number of carbonyl (C=O) groups excluding carboxylic acids is 1. The maximum Gasteiger partial charge on any atom is 0.324 e. The molecule has 3 aromatic rings. The van der Waals surface area contributed by atoms with E-state index < -0.39 is 28.9 Å². The second-order valence-electron chi connectivity index (χ2n) is 9.32. The van der Waals surface area contributed by atoms with Gasteiger partial charge < -0.3 is 29.3 Å². The lowest BCUT2D eigenvalue weighted by Crippen LogP contribution is -2.45. The number of aromatic nitrogens is 2. The van der Waals surface area contributed by atoms with Gasteiger partial charge in [-0.05, 0) is 47.8 Å². The number of morpholine rings is 1. The lowest BCUT2D eigenvalue weighted by molar-refractivity contribution is -0.119. The van der Waals surface area contributed by atoms with Crippen molar-refractivity contribution >= 4 is 52.8 Å². The molecule has 1 saturated carbocycles. The minimum Gasteiger partial charge on any atom is -0.611 e. The Kier molecular flexibility index (Phi) is 7.12. The molecule has 3 aliphatic rings. The van der Waals surface area contributed by atoms with Crippen molar-refractivity contribution in [2.45, 2.75) is 35.9 Å². The van der Waals surface area contributed by atoms with Crippen LogP contribution in [0.1, 0.15) is 18.4 Å². The molecule has 1 amide bonds. The van der Waals surface area contributed by atoms with E-state index in [0.717, 1.165) is 18.4 Å². The number of amides is 1. The minimum absolute atomic E-state index is 0. The fourth-order valence-electron chi connectivity index (χ4n) is 4.59. The molecule has 2 atom stereocenters. The maximum atomic E-state index is 15.3. The monoisotopic (exact) mass is 567 g/mol. The molecule has 1 aromatic heterocycles. The van der Waals surface area contributed by atoms with Crippen LogP contribution in [0.4, 0.5) is 16.1 Å². The predicted octanol–water partition coefficient (Wildman–Crippen LogP) is 3.30. The summed E-state index contributed by atoms with van der Waals surface area (Å²) >= 11 is 4.32. The number of anilines is 2. The number of ether oxygens (including phenoxy) is 1. The molecule has 2 aromatic carbocycles. The number of hydrogen-bond acceptors (Lipinski definition) is 8. The van der Waals surface area contributed by atoms with Gasteiger partial charge in [-0.3, -0.25) is 4.79 Å². The Bertz CT molecular complexity index is 1320. The van der Waals surface area contributed by atoms with Gasteiger partial charge in [0, 0.05) is 17.6 Å². The van der Waals surface area contributed by atoms with Crippen LogP contribution in [0.2, 0.25) is 5.02 Å². The summed E-state index contributed by atoms with van der Waals surface area (Å²) < 4.78 is 39.6. The van der Waals surface area contributed by atoms with Crippen LogP contribution in [-0.4, -0.2) is 57.7 Å². The zero-order valence-corrected chi connectivity index (χ0v) is 22.0. The molecule has 9 nitrogen and oxygen atoms in total. The first kappa shape index (κ1) is 26.2. The number of halogens is 3. The van der Waals surface area contributed by atoms with E-state index in [1.165, 1.54) is 17.0 Å². The zero-order valence-electron chi connectivity index (χ0n) is 19.6. The summed E-state index contributed by atoms with van der Waals surface area (Å²) in [7, 11) is 0. The van der Waals surface area contributed by atoms with Gasteiger partial charge in [-0.1, -0.05) is 28.9 Å². The molecule has 13 heteroatoms. The Morgan fingerprint density at radius 3 is 2.76 bits per heavy atom. The SMILES string of the molecule is Cl.N[C@H]1C[S+]([O-])c2cc(F)c(-c3noc(N4CCOC5(CC5)C4)n3)cc2N(Cc2ccc(Cl)cc2)C1=O. The summed E-state index contributed by atoms with van der Waals surface area (Å²) in [6.45, 7) is 1.93. The topological polar surface area (TPSA) is 121 Å². The first-order valence-corrected chi connectivity index (χ1v) is 13.3. The second-order valence-corrected chi connectivity index (χ2v) is 11.2. The molecule has 196 valence electrons. The molecule has 37 heavy (non-hydrogen) atoms. The van der Waals surface area contributed by atoms with E-state index in [0.29, 0.717) is 30.4 Å². The molecule has 2 fully saturated rings. The summed E-state index contributed by atoms with van der Waals surface area (Å²) in [5.41, 5.74) is 7.04. The molecule has 1 aliphatic carbocycles. The summed E-state index contributed by atoms with van der Waals surface area (Å²) in [6.07, 6.45) is 1.97. The first-order chi connectivity index (χ1) is 17.3. The van der Waals surface area contributed by atoms with Crippen LogP contribution in [0.15, 0.2) is 45.8 Å². The Morgan fingerprint density at radius 1 is 1.27 bits per heavy atom. The second kappa shape index (κ2) is 10.0. The molecule has 1 spiro atoms. The summed E-state index contributed by atoms with van der Waals surface area (Å²) in [5, 5.41) is 4.57. The van der Waals surface area contributed by atoms with E-state index in [1.807, 2.05) is 4.90 Å². The van der Waals surface area contributed by atoms with Gasteiger partial charge in [0.15, 0.2) is 4.90 Å². The lowest BCUT2D eigenvalue weighted by atomic mass is 10.1. The van der Waals surface area contributed by atoms with Crippen molar-refractivity contribution < 1.29 is 23.0 Å². The minimum atomic E-state index is -1.68. The Labute approximate surface area is 226 Å². The number of rotatable bonds is 4. The van der Waals surface area contributed by atoms with Crippen molar-refractivity contribution in [3.05, 3.63) is 52.8 Å². The van der Waals surface area contributed by atoms with E-state index in [4.69, 9.17) is 26.6 Å². The Hall–Kier alpha value is -2.41. The number of hydrogen-bond donors (Lipinski definition) is 1. The smallest absolute Gasteiger partial charge is 0.324 e. The third-order valence-corrected chi connectivity index (χ3v) is 8.47. The van der Waals surface area contributed by atoms with Crippen LogP contribution in [0, 0.1) is 5.82 Å². The molecule has 2 N–H and O–H groups in total. The molecule has 0 bridgehead atoms. The van der Waals surface area contributed by atoms with Crippen molar-refractivity contribution in [1.29, 1.82) is 0 Å². The fourth-order valence-corrected chi connectivity index (χ4v) is 6.00. The van der Waals surface area contributed by atoms with Gasteiger partial charge in [-0.25, -0.2) is 4.39 Å². The van der Waals surface area contributed by atoms with Gasteiger partial charge >= 0.3 is 6.01 Å². The number of benzene rings is 2.